The normalized spacial score (nSPS) is 16.3. The molecule has 2 aromatic rings. The fraction of sp³-hybridized carbons (Fsp3) is 0.476. The van der Waals surface area contributed by atoms with E-state index in [0.29, 0.717) is 25.5 Å². The Morgan fingerprint density at radius 1 is 1.34 bits per heavy atom. The van der Waals surface area contributed by atoms with Crippen LogP contribution in [0.15, 0.2) is 34.0 Å². The summed E-state index contributed by atoms with van der Waals surface area (Å²) < 4.78 is 11.6. The van der Waals surface area contributed by atoms with Gasteiger partial charge in [0.1, 0.15) is 5.75 Å². The first-order valence-corrected chi connectivity index (χ1v) is 11.8. The summed E-state index contributed by atoms with van der Waals surface area (Å²) in [6, 6.07) is 7.85. The van der Waals surface area contributed by atoms with E-state index in [1.54, 1.807) is 24.1 Å². The average Bonchev–Trinajstić information content (AvgIpc) is 3.34. The van der Waals surface area contributed by atoms with E-state index in [9.17, 15) is 9.59 Å². The number of carbonyl (C=O) groups is 2. The summed E-state index contributed by atoms with van der Waals surface area (Å²) in [4.78, 5) is 30.8. The number of amides is 1. The van der Waals surface area contributed by atoms with E-state index >= 15 is 0 Å². The van der Waals surface area contributed by atoms with Gasteiger partial charge in [-0.05, 0) is 25.8 Å². The maximum absolute atomic E-state index is 12.9. The molecule has 156 valence electrons. The number of hydrogen-bond acceptors (Lipinski definition) is 7. The van der Waals surface area contributed by atoms with Crippen LogP contribution in [0.5, 0.6) is 5.75 Å². The second kappa shape index (κ2) is 10.6. The molecular weight excluding hydrogens is 408 g/mol. The molecule has 0 saturated carbocycles. The van der Waals surface area contributed by atoms with Crippen LogP contribution in [0.1, 0.15) is 48.7 Å². The van der Waals surface area contributed by atoms with Gasteiger partial charge >= 0.3 is 5.97 Å². The van der Waals surface area contributed by atoms with E-state index in [1.165, 1.54) is 11.3 Å². The number of nitrogens with zero attached hydrogens (tertiary/aromatic N) is 2. The van der Waals surface area contributed by atoms with Crippen molar-refractivity contribution in [2.75, 3.05) is 32.1 Å². The molecule has 1 aliphatic rings. The third-order valence-electron chi connectivity index (χ3n) is 4.61. The Morgan fingerprint density at radius 3 is 2.97 bits per heavy atom. The van der Waals surface area contributed by atoms with E-state index in [4.69, 9.17) is 9.47 Å². The highest BCUT2D eigenvalue weighted by atomic mass is 32.2. The van der Waals surface area contributed by atoms with Gasteiger partial charge < -0.3 is 14.4 Å². The lowest BCUT2D eigenvalue weighted by atomic mass is 9.97. The number of para-hydroxylation sites is 1. The van der Waals surface area contributed by atoms with Crippen LogP contribution in [0.3, 0.4) is 0 Å². The number of aromatic nitrogens is 1. The van der Waals surface area contributed by atoms with Crippen molar-refractivity contribution in [2.45, 2.75) is 36.9 Å². The Kier molecular flexibility index (Phi) is 7.94. The molecule has 6 nitrogen and oxygen atoms in total. The quantitative estimate of drug-likeness (QED) is 0.412. The molecular formula is C21H26N2O4S2. The Bertz CT molecular complexity index is 840. The number of ether oxygens (including phenoxy) is 2. The minimum atomic E-state index is -0.392. The Morgan fingerprint density at radius 2 is 2.17 bits per heavy atom. The third-order valence-corrected chi connectivity index (χ3v) is 6.61. The molecule has 1 atom stereocenters. The number of carbonyl (C=O) groups excluding carboxylic acids is 2. The lowest BCUT2D eigenvalue weighted by Crippen LogP contribution is -2.29. The van der Waals surface area contributed by atoms with E-state index in [2.05, 4.69) is 11.9 Å². The van der Waals surface area contributed by atoms with Gasteiger partial charge in [-0.1, -0.05) is 36.9 Å². The van der Waals surface area contributed by atoms with Gasteiger partial charge in [0.15, 0.2) is 10.0 Å². The second-order valence-corrected chi connectivity index (χ2v) is 8.82. The Labute approximate surface area is 179 Å². The molecule has 1 aromatic carbocycles. The van der Waals surface area contributed by atoms with Crippen LogP contribution >= 0.6 is 23.1 Å². The molecule has 1 aromatic heterocycles. The Hall–Kier alpha value is -2.06. The molecule has 1 unspecified atom stereocenters. The van der Waals surface area contributed by atoms with E-state index in [1.807, 2.05) is 29.2 Å². The van der Waals surface area contributed by atoms with Crippen LogP contribution in [0.25, 0.3) is 0 Å². The van der Waals surface area contributed by atoms with Crippen molar-refractivity contribution in [3.8, 4) is 5.75 Å². The van der Waals surface area contributed by atoms with Crippen molar-refractivity contribution >= 4 is 35.0 Å². The van der Waals surface area contributed by atoms with Crippen LogP contribution in [0.2, 0.25) is 0 Å². The first kappa shape index (κ1) is 21.6. The maximum Gasteiger partial charge on any atom is 0.357 e. The zero-order valence-electron chi connectivity index (χ0n) is 16.8. The fourth-order valence-electron chi connectivity index (χ4n) is 3.23. The van der Waals surface area contributed by atoms with E-state index < -0.39 is 5.97 Å². The smallest absolute Gasteiger partial charge is 0.357 e. The summed E-state index contributed by atoms with van der Waals surface area (Å²) in [5.74, 6) is 1.19. The van der Waals surface area contributed by atoms with Gasteiger partial charge in [0, 0.05) is 29.8 Å². The molecule has 3 rings (SSSR count). The number of thiazole rings is 1. The predicted octanol–water partition coefficient (Wildman–Crippen LogP) is 4.22. The predicted molar refractivity (Wildman–Crippen MR) is 115 cm³/mol. The molecule has 0 aliphatic carbocycles. The highest BCUT2D eigenvalue weighted by Crippen LogP contribution is 2.35. The molecule has 0 N–H and O–H groups in total. The van der Waals surface area contributed by atoms with Gasteiger partial charge in [0.25, 0.3) is 0 Å². The number of rotatable bonds is 10. The summed E-state index contributed by atoms with van der Waals surface area (Å²) in [7, 11) is 0. The fourth-order valence-corrected chi connectivity index (χ4v) is 5.06. The number of likely N-dealkylation sites (tertiary alicyclic amines) is 1. The van der Waals surface area contributed by atoms with Crippen molar-refractivity contribution in [1.29, 1.82) is 0 Å². The molecule has 1 saturated heterocycles. The van der Waals surface area contributed by atoms with Crippen molar-refractivity contribution in [2.24, 2.45) is 0 Å². The lowest BCUT2D eigenvalue weighted by Gasteiger charge is -2.18. The van der Waals surface area contributed by atoms with Crippen molar-refractivity contribution in [3.05, 3.63) is 40.9 Å². The molecule has 29 heavy (non-hydrogen) atoms. The lowest BCUT2D eigenvalue weighted by molar-refractivity contribution is -0.128. The van der Waals surface area contributed by atoms with Crippen LogP contribution in [-0.4, -0.2) is 53.8 Å². The summed E-state index contributed by atoms with van der Waals surface area (Å²) in [5.41, 5.74) is 1.33. The van der Waals surface area contributed by atoms with Gasteiger partial charge in [-0.15, -0.1) is 11.3 Å². The summed E-state index contributed by atoms with van der Waals surface area (Å²) in [6.07, 6.45) is 1.74. The van der Waals surface area contributed by atoms with Crippen LogP contribution in [0, 0.1) is 0 Å². The zero-order valence-corrected chi connectivity index (χ0v) is 18.4. The summed E-state index contributed by atoms with van der Waals surface area (Å²) >= 11 is 2.98. The van der Waals surface area contributed by atoms with Crippen molar-refractivity contribution in [3.63, 3.8) is 0 Å². The highest BCUT2D eigenvalue weighted by molar-refractivity contribution is 8.01. The molecule has 1 fully saturated rings. The second-order valence-electron chi connectivity index (χ2n) is 6.62. The largest absolute Gasteiger partial charge is 0.493 e. The number of benzene rings is 1. The van der Waals surface area contributed by atoms with Gasteiger partial charge in [0.2, 0.25) is 5.91 Å². The molecule has 0 bridgehead atoms. The van der Waals surface area contributed by atoms with Gasteiger partial charge in [-0.3, -0.25) is 4.79 Å². The van der Waals surface area contributed by atoms with Gasteiger partial charge in [-0.25, -0.2) is 9.78 Å². The number of hydrogen-bond donors (Lipinski definition) is 0. The Balaban J connectivity index is 1.53. The SMILES string of the molecule is CCCOc1ccccc1C1CCN(CCSc2nc(C(=O)OCC)cs2)C1=O. The van der Waals surface area contributed by atoms with Crippen LogP contribution in [0.4, 0.5) is 0 Å². The first-order chi connectivity index (χ1) is 14.1. The van der Waals surface area contributed by atoms with Crippen molar-refractivity contribution < 1.29 is 19.1 Å². The van der Waals surface area contributed by atoms with Crippen LogP contribution in [-0.2, 0) is 9.53 Å². The maximum atomic E-state index is 12.9. The first-order valence-electron chi connectivity index (χ1n) is 9.90. The average molecular weight is 435 g/mol. The molecule has 0 radical (unpaired) electrons. The standard InChI is InChI=1S/C21H26N2O4S2/c1-3-12-27-18-8-6-5-7-15(18)16-9-10-23(19(16)24)11-13-28-21-22-17(14-29-21)20(25)26-4-2/h5-8,14,16H,3-4,9-13H2,1-2H3. The van der Waals surface area contributed by atoms with Crippen molar-refractivity contribution in [1.82, 2.24) is 9.88 Å². The molecule has 0 spiro atoms. The molecule has 2 heterocycles. The van der Waals surface area contributed by atoms with E-state index in [0.717, 1.165) is 40.8 Å². The minimum Gasteiger partial charge on any atom is -0.493 e. The third kappa shape index (κ3) is 5.51. The number of thioether (sulfide) groups is 1. The number of esters is 1. The zero-order chi connectivity index (χ0) is 20.6. The summed E-state index contributed by atoms with van der Waals surface area (Å²) in [5, 5.41) is 1.71. The monoisotopic (exact) mass is 434 g/mol. The molecule has 8 heteroatoms. The van der Waals surface area contributed by atoms with E-state index in [-0.39, 0.29) is 11.8 Å². The van der Waals surface area contributed by atoms with Crippen LogP contribution < -0.4 is 4.74 Å². The minimum absolute atomic E-state index is 0.136. The van der Waals surface area contributed by atoms with Gasteiger partial charge in [0.05, 0.1) is 19.1 Å². The molecule has 1 amide bonds. The molecule has 1 aliphatic heterocycles. The van der Waals surface area contributed by atoms with Gasteiger partial charge in [-0.2, -0.15) is 0 Å². The topological polar surface area (TPSA) is 68.7 Å². The summed E-state index contributed by atoms with van der Waals surface area (Å²) in [6.45, 7) is 6.24. The highest BCUT2D eigenvalue weighted by Gasteiger charge is 2.34.